The van der Waals surface area contributed by atoms with Crippen molar-refractivity contribution in [1.82, 2.24) is 20.1 Å². The molecule has 1 fully saturated rings. The number of nitrogens with zero attached hydrogens (tertiary/aromatic N) is 2. The molecule has 1 aromatic carbocycles. The number of aromatic hydroxyl groups is 1. The lowest BCUT2D eigenvalue weighted by Gasteiger charge is -2.44. The van der Waals surface area contributed by atoms with Gasteiger partial charge in [0.1, 0.15) is 17.2 Å². The maximum atomic E-state index is 14.0. The summed E-state index contributed by atoms with van der Waals surface area (Å²) in [5, 5.41) is 16.5. The Morgan fingerprint density at radius 1 is 1.29 bits per heavy atom. The average Bonchev–Trinajstić information content (AvgIpc) is 3.17. The molecule has 4 heterocycles. The van der Waals surface area contributed by atoms with Crippen LogP contribution in [-0.4, -0.2) is 52.3 Å². The maximum absolute atomic E-state index is 14.0. The smallest absolute Gasteiger partial charge is 0.276 e. The highest BCUT2D eigenvalue weighted by atomic mass is 19.1. The van der Waals surface area contributed by atoms with Crippen molar-refractivity contribution in [3.05, 3.63) is 62.6 Å². The van der Waals surface area contributed by atoms with E-state index >= 15 is 0 Å². The number of carbonyl (C=O) groups excluding carboxylic acids is 2. The van der Waals surface area contributed by atoms with E-state index in [0.29, 0.717) is 44.3 Å². The minimum Gasteiger partial charge on any atom is -0.503 e. The number of amides is 2. The lowest BCUT2D eigenvalue weighted by molar-refractivity contribution is -0.110. The molecule has 3 aliphatic rings. The van der Waals surface area contributed by atoms with Crippen LogP contribution < -0.4 is 16.1 Å². The van der Waals surface area contributed by atoms with Gasteiger partial charge in [-0.05, 0) is 25.5 Å². The summed E-state index contributed by atoms with van der Waals surface area (Å²) < 4.78 is 34.7. The van der Waals surface area contributed by atoms with E-state index in [2.05, 4.69) is 10.6 Å². The predicted molar refractivity (Wildman–Crippen MR) is 115 cm³/mol. The number of nitrogens with one attached hydrogen (secondary N) is 2. The first-order chi connectivity index (χ1) is 16.3. The lowest BCUT2D eigenvalue weighted by Crippen LogP contribution is -2.55. The molecule has 1 saturated heterocycles. The number of ether oxygens (including phenoxy) is 1. The molecule has 2 aromatic rings. The molecule has 1 aromatic heterocycles. The molecule has 0 saturated carbocycles. The van der Waals surface area contributed by atoms with Crippen molar-refractivity contribution in [3.63, 3.8) is 0 Å². The van der Waals surface area contributed by atoms with Crippen molar-refractivity contribution in [2.75, 3.05) is 19.7 Å². The normalized spacial score (nSPS) is 23.0. The number of hydrogen-bond donors (Lipinski definition) is 3. The summed E-state index contributed by atoms with van der Waals surface area (Å²) in [6.07, 6.45) is 0.525. The second-order valence-electron chi connectivity index (χ2n) is 8.60. The Balaban J connectivity index is 1.59. The zero-order chi connectivity index (χ0) is 24.1. The van der Waals surface area contributed by atoms with Gasteiger partial charge in [-0.2, -0.15) is 0 Å². The van der Waals surface area contributed by atoms with Gasteiger partial charge < -0.3 is 29.9 Å². The van der Waals surface area contributed by atoms with E-state index in [0.717, 1.165) is 6.07 Å². The van der Waals surface area contributed by atoms with Gasteiger partial charge in [-0.3, -0.25) is 14.4 Å². The fourth-order valence-electron chi connectivity index (χ4n) is 5.19. The van der Waals surface area contributed by atoms with Crippen molar-refractivity contribution in [2.45, 2.75) is 44.6 Å². The van der Waals surface area contributed by atoms with Gasteiger partial charge in [-0.25, -0.2) is 8.78 Å². The lowest BCUT2D eigenvalue weighted by atomic mass is 10.0. The Labute approximate surface area is 193 Å². The van der Waals surface area contributed by atoms with Gasteiger partial charge in [-0.1, -0.05) is 13.0 Å². The number of fused-ring (bicyclic) bond motifs is 2. The van der Waals surface area contributed by atoms with Crippen molar-refractivity contribution in [3.8, 4) is 5.75 Å². The van der Waals surface area contributed by atoms with Crippen molar-refractivity contribution in [1.29, 1.82) is 0 Å². The molecule has 5 rings (SSSR count). The first-order valence-corrected chi connectivity index (χ1v) is 11.2. The summed E-state index contributed by atoms with van der Waals surface area (Å²) in [5.41, 5.74) is -1.09. The van der Waals surface area contributed by atoms with E-state index in [4.69, 9.17) is 4.74 Å². The number of rotatable bonds is 5. The molecule has 34 heavy (non-hydrogen) atoms. The van der Waals surface area contributed by atoms with Crippen LogP contribution in [0.4, 0.5) is 8.78 Å². The summed E-state index contributed by atoms with van der Waals surface area (Å²) in [6, 6.07) is 2.14. The summed E-state index contributed by atoms with van der Waals surface area (Å²) in [5.74, 6) is -3.72. The topological polar surface area (TPSA) is 113 Å². The Morgan fingerprint density at radius 3 is 2.82 bits per heavy atom. The summed E-state index contributed by atoms with van der Waals surface area (Å²) >= 11 is 0. The number of hydrogen-bond acceptors (Lipinski definition) is 6. The van der Waals surface area contributed by atoms with Crippen LogP contribution in [0.3, 0.4) is 0 Å². The third-order valence-electron chi connectivity index (χ3n) is 6.63. The van der Waals surface area contributed by atoms with Gasteiger partial charge in [0.2, 0.25) is 5.43 Å². The van der Waals surface area contributed by atoms with E-state index in [-0.39, 0.29) is 29.4 Å². The first-order valence-electron chi connectivity index (χ1n) is 11.2. The van der Waals surface area contributed by atoms with Crippen LogP contribution in [0, 0.1) is 11.6 Å². The fraction of sp³-hybridized carbons (Fsp3) is 0.435. The second-order valence-corrected chi connectivity index (χ2v) is 8.60. The van der Waals surface area contributed by atoms with Crippen molar-refractivity contribution < 1.29 is 28.2 Å². The number of carbonyl (C=O) groups is 2. The summed E-state index contributed by atoms with van der Waals surface area (Å²) in [7, 11) is 0. The largest absolute Gasteiger partial charge is 0.503 e. The third-order valence-corrected chi connectivity index (χ3v) is 6.63. The molecular formula is C23H24F2N4O5. The van der Waals surface area contributed by atoms with E-state index in [9.17, 15) is 28.3 Å². The molecule has 2 amide bonds. The van der Waals surface area contributed by atoms with E-state index in [1.807, 2.05) is 6.92 Å². The third kappa shape index (κ3) is 3.38. The number of aromatic nitrogens is 1. The van der Waals surface area contributed by atoms with Gasteiger partial charge in [0, 0.05) is 24.7 Å². The van der Waals surface area contributed by atoms with Gasteiger partial charge >= 0.3 is 0 Å². The SMILES string of the molecule is CCNC1CC2C3OCCCN3C(=O)c3c(O)c(=O)c(C(=O)NCc4ccc(F)cc4F)c1n32. The number of halogens is 2. The van der Waals surface area contributed by atoms with Gasteiger partial charge in [0.15, 0.2) is 17.7 Å². The Morgan fingerprint density at radius 2 is 2.09 bits per heavy atom. The second kappa shape index (κ2) is 8.48. The summed E-state index contributed by atoms with van der Waals surface area (Å²) in [6.45, 7) is 3.04. The highest BCUT2D eigenvalue weighted by molar-refractivity contribution is 6.00. The monoisotopic (exact) mass is 474 g/mol. The number of pyridine rings is 1. The maximum Gasteiger partial charge on any atom is 0.276 e. The van der Waals surface area contributed by atoms with Crippen LogP contribution >= 0.6 is 0 Å². The average molecular weight is 474 g/mol. The minimum absolute atomic E-state index is 0.0380. The highest BCUT2D eigenvalue weighted by Gasteiger charge is 2.50. The van der Waals surface area contributed by atoms with Gasteiger partial charge in [-0.15, -0.1) is 0 Å². The van der Waals surface area contributed by atoms with Crippen LogP contribution in [-0.2, 0) is 11.3 Å². The van der Waals surface area contributed by atoms with Crippen LogP contribution in [0.5, 0.6) is 5.75 Å². The summed E-state index contributed by atoms with van der Waals surface area (Å²) in [4.78, 5) is 41.1. The van der Waals surface area contributed by atoms with E-state index in [1.54, 1.807) is 4.57 Å². The zero-order valence-corrected chi connectivity index (χ0v) is 18.4. The molecule has 0 bridgehead atoms. The molecule has 3 N–H and O–H groups in total. The van der Waals surface area contributed by atoms with Gasteiger partial charge in [0.25, 0.3) is 11.8 Å². The zero-order valence-electron chi connectivity index (χ0n) is 18.4. The molecule has 0 aliphatic carbocycles. The predicted octanol–water partition coefficient (Wildman–Crippen LogP) is 1.56. The van der Waals surface area contributed by atoms with E-state index < -0.39 is 46.9 Å². The molecule has 3 aliphatic heterocycles. The van der Waals surface area contributed by atoms with E-state index in [1.165, 1.54) is 11.0 Å². The van der Waals surface area contributed by atoms with Crippen LogP contribution in [0.25, 0.3) is 0 Å². The van der Waals surface area contributed by atoms with Crippen molar-refractivity contribution in [2.24, 2.45) is 0 Å². The molecular weight excluding hydrogens is 450 g/mol. The Hall–Kier alpha value is -3.31. The molecule has 11 heteroatoms. The molecule has 0 spiro atoms. The van der Waals surface area contributed by atoms with Crippen LogP contribution in [0.1, 0.15) is 64.0 Å². The molecule has 3 unspecified atom stereocenters. The van der Waals surface area contributed by atoms with Crippen LogP contribution in [0.2, 0.25) is 0 Å². The Bertz CT molecular complexity index is 1250. The molecule has 9 nitrogen and oxygen atoms in total. The standard InChI is InChI=1S/C23H24F2N4O5/c1-2-26-14-9-15-23-28(6-3-7-34-23)22(33)18-20(31)19(30)16(17(14)29(15)18)21(32)27-10-11-4-5-12(24)8-13(11)25/h4-5,8,14-15,23,26,31H,2-3,6-7,9-10H2,1H3,(H,27,32). The highest BCUT2D eigenvalue weighted by Crippen LogP contribution is 2.45. The molecule has 180 valence electrons. The molecule has 0 radical (unpaired) electrons. The first kappa shape index (κ1) is 22.5. The quantitative estimate of drug-likeness (QED) is 0.606. The fourth-order valence-corrected chi connectivity index (χ4v) is 5.19. The van der Waals surface area contributed by atoms with Gasteiger partial charge in [0.05, 0.1) is 24.4 Å². The molecule has 3 atom stereocenters. The van der Waals surface area contributed by atoms with Crippen molar-refractivity contribution >= 4 is 11.8 Å². The number of benzene rings is 1. The minimum atomic E-state index is -0.966. The Kier molecular flexibility index (Phi) is 5.61. The van der Waals surface area contributed by atoms with Crippen LogP contribution in [0.15, 0.2) is 23.0 Å².